The molecule has 0 aliphatic carbocycles. The molecule has 0 unspecified atom stereocenters. The summed E-state index contributed by atoms with van der Waals surface area (Å²) in [7, 11) is 0. The van der Waals surface area contributed by atoms with Gasteiger partial charge in [0.05, 0.1) is 17.4 Å². The van der Waals surface area contributed by atoms with Gasteiger partial charge in [-0.15, -0.1) is 0 Å². The van der Waals surface area contributed by atoms with Gasteiger partial charge in [0, 0.05) is 6.42 Å². The van der Waals surface area contributed by atoms with Crippen LogP contribution in [0.5, 0.6) is 0 Å². The van der Waals surface area contributed by atoms with Gasteiger partial charge in [-0.3, -0.25) is 19.4 Å². The molecule has 1 fully saturated rings. The number of rotatable bonds is 5. The van der Waals surface area contributed by atoms with Crippen LogP contribution in [0, 0.1) is 5.82 Å². The highest BCUT2D eigenvalue weighted by molar-refractivity contribution is 6.25. The molecule has 9 nitrogen and oxygen atoms in total. The van der Waals surface area contributed by atoms with Crippen LogP contribution in [0.3, 0.4) is 0 Å². The molecule has 3 aromatic rings. The molecule has 0 aromatic heterocycles. The summed E-state index contributed by atoms with van der Waals surface area (Å²) in [5, 5.41) is 15.2. The third-order valence-corrected chi connectivity index (χ3v) is 6.68. The summed E-state index contributed by atoms with van der Waals surface area (Å²) in [5.74, 6) is -2.17. The van der Waals surface area contributed by atoms with E-state index in [1.165, 1.54) is 28.2 Å². The fourth-order valence-electron chi connectivity index (χ4n) is 4.91. The monoisotopic (exact) mass is 496 g/mol. The molecule has 3 atom stereocenters. The average molecular weight is 497 g/mol. The van der Waals surface area contributed by atoms with Crippen LogP contribution < -0.4 is 4.90 Å². The van der Waals surface area contributed by atoms with E-state index in [9.17, 15) is 18.8 Å². The van der Waals surface area contributed by atoms with Crippen LogP contribution in [0.1, 0.15) is 23.6 Å². The normalized spacial score (nSPS) is 22.6. The predicted molar refractivity (Wildman–Crippen MR) is 132 cm³/mol. The van der Waals surface area contributed by atoms with E-state index >= 15 is 0 Å². The molecule has 3 aliphatic rings. The van der Waals surface area contributed by atoms with Crippen molar-refractivity contribution < 1.29 is 18.8 Å². The molecule has 184 valence electrons. The van der Waals surface area contributed by atoms with Crippen LogP contribution in [0.15, 0.2) is 100 Å². The topological polar surface area (TPSA) is 98.0 Å². The molecule has 3 heterocycles. The van der Waals surface area contributed by atoms with Crippen molar-refractivity contribution >= 4 is 29.1 Å². The first kappa shape index (κ1) is 22.7. The highest BCUT2D eigenvalue weighted by atomic mass is 19.1. The molecule has 0 radical (unpaired) electrons. The summed E-state index contributed by atoms with van der Waals surface area (Å²) in [6, 6.07) is 22.0. The van der Waals surface area contributed by atoms with Gasteiger partial charge in [-0.05, 0) is 29.3 Å². The number of hydrogen-bond donors (Lipinski definition) is 0. The molecule has 0 saturated carbocycles. The Kier molecular flexibility index (Phi) is 5.56. The molecule has 0 bridgehead atoms. The van der Waals surface area contributed by atoms with Crippen molar-refractivity contribution in [1.82, 2.24) is 10.0 Å². The van der Waals surface area contributed by atoms with Crippen LogP contribution >= 0.6 is 0 Å². The second-order valence-corrected chi connectivity index (χ2v) is 8.97. The zero-order valence-electron chi connectivity index (χ0n) is 19.5. The second-order valence-electron chi connectivity index (χ2n) is 8.97. The molecule has 3 amide bonds. The van der Waals surface area contributed by atoms with E-state index in [2.05, 4.69) is 15.4 Å². The van der Waals surface area contributed by atoms with Crippen molar-refractivity contribution in [3.05, 3.63) is 102 Å². The van der Waals surface area contributed by atoms with E-state index in [1.807, 2.05) is 60.7 Å². The molecule has 37 heavy (non-hydrogen) atoms. The molecule has 3 aromatic carbocycles. The van der Waals surface area contributed by atoms with Gasteiger partial charge >= 0.3 is 0 Å². The van der Waals surface area contributed by atoms with E-state index < -0.39 is 29.7 Å². The molecule has 6 rings (SSSR count). The zero-order valence-corrected chi connectivity index (χ0v) is 19.5. The maximum absolute atomic E-state index is 13.8. The van der Waals surface area contributed by atoms with E-state index in [0.717, 1.165) is 27.8 Å². The second kappa shape index (κ2) is 9.05. The number of carbonyl (C=O) groups excluding carboxylic acids is 3. The van der Waals surface area contributed by atoms with Gasteiger partial charge in [0.1, 0.15) is 12.4 Å². The lowest BCUT2D eigenvalue weighted by Crippen LogP contribution is -2.44. The lowest BCUT2D eigenvalue weighted by atomic mass is 9.98. The number of carbonyl (C=O) groups is 3. The lowest BCUT2D eigenvalue weighted by Gasteiger charge is -2.25. The standard InChI is InChI=1S/C27H21FN6O3/c28-19-12-7-13-20(14-19)33-26(36)24-25(27(33)37)32(31-29-24)16-23(35)34-22(18-10-5-2-6-11-18)15-21(30-34)17-8-3-1-4-9-17/h1-14,22,24-25H,15-16H2/t22-,24+,25-/m1/s1. The Bertz CT molecular complexity index is 1440. The van der Waals surface area contributed by atoms with Crippen molar-refractivity contribution in [3.63, 3.8) is 0 Å². The number of anilines is 1. The van der Waals surface area contributed by atoms with Crippen molar-refractivity contribution in [2.45, 2.75) is 24.5 Å². The minimum Gasteiger partial charge on any atom is -0.271 e. The predicted octanol–water partition coefficient (Wildman–Crippen LogP) is 3.50. The largest absolute Gasteiger partial charge is 0.271 e. The number of hydrogen-bond acceptors (Lipinski definition) is 7. The lowest BCUT2D eigenvalue weighted by molar-refractivity contribution is -0.135. The smallest absolute Gasteiger partial charge is 0.264 e. The van der Waals surface area contributed by atoms with Crippen LogP contribution in [0.25, 0.3) is 0 Å². The average Bonchev–Trinajstić information content (AvgIpc) is 3.61. The Balaban J connectivity index is 1.26. The van der Waals surface area contributed by atoms with Gasteiger partial charge in [0.2, 0.25) is 0 Å². The van der Waals surface area contributed by atoms with Crippen LogP contribution in [0.4, 0.5) is 10.1 Å². The van der Waals surface area contributed by atoms with E-state index in [4.69, 9.17) is 0 Å². The number of amides is 3. The Morgan fingerprint density at radius 3 is 2.38 bits per heavy atom. The molecule has 1 saturated heterocycles. The maximum atomic E-state index is 13.8. The molecule has 3 aliphatic heterocycles. The number of benzene rings is 3. The van der Waals surface area contributed by atoms with Gasteiger partial charge in [-0.25, -0.2) is 14.3 Å². The van der Waals surface area contributed by atoms with Gasteiger partial charge in [0.15, 0.2) is 12.1 Å². The summed E-state index contributed by atoms with van der Waals surface area (Å²) >= 11 is 0. The van der Waals surface area contributed by atoms with Gasteiger partial charge < -0.3 is 0 Å². The van der Waals surface area contributed by atoms with Gasteiger partial charge in [-0.1, -0.05) is 72.0 Å². The van der Waals surface area contributed by atoms with Crippen LogP contribution in [-0.4, -0.2) is 52.1 Å². The fraction of sp³-hybridized carbons (Fsp3) is 0.185. The summed E-state index contributed by atoms with van der Waals surface area (Å²) in [4.78, 5) is 40.6. The maximum Gasteiger partial charge on any atom is 0.264 e. The van der Waals surface area contributed by atoms with E-state index in [-0.39, 0.29) is 24.2 Å². The third kappa shape index (κ3) is 3.96. The first-order chi connectivity index (χ1) is 18.0. The van der Waals surface area contributed by atoms with Crippen molar-refractivity contribution in [2.75, 3.05) is 11.4 Å². The number of halogens is 1. The molecule has 0 spiro atoms. The molecule has 10 heteroatoms. The Morgan fingerprint density at radius 2 is 1.65 bits per heavy atom. The third-order valence-electron chi connectivity index (χ3n) is 6.68. The zero-order chi connectivity index (χ0) is 25.5. The number of imide groups is 1. The van der Waals surface area contributed by atoms with Crippen LogP contribution in [-0.2, 0) is 14.4 Å². The number of fused-ring (bicyclic) bond motifs is 1. The highest BCUT2D eigenvalue weighted by Gasteiger charge is 2.55. The number of hydrazone groups is 1. The summed E-state index contributed by atoms with van der Waals surface area (Å²) in [6.07, 6.45) is 0.526. The summed E-state index contributed by atoms with van der Waals surface area (Å²) in [6.45, 7) is -0.296. The molecular formula is C27H21FN6O3. The van der Waals surface area contributed by atoms with Gasteiger partial charge in [-0.2, -0.15) is 10.2 Å². The van der Waals surface area contributed by atoms with Crippen molar-refractivity contribution in [3.8, 4) is 0 Å². The van der Waals surface area contributed by atoms with Crippen molar-refractivity contribution in [2.24, 2.45) is 15.4 Å². The first-order valence-electron chi connectivity index (χ1n) is 11.8. The van der Waals surface area contributed by atoms with E-state index in [1.54, 1.807) is 0 Å². The minimum absolute atomic E-state index is 0.117. The Hall–Kier alpha value is -4.73. The fourth-order valence-corrected chi connectivity index (χ4v) is 4.91. The molecule has 0 N–H and O–H groups in total. The minimum atomic E-state index is -1.09. The molecular weight excluding hydrogens is 475 g/mol. The highest BCUT2D eigenvalue weighted by Crippen LogP contribution is 2.35. The Morgan fingerprint density at radius 1 is 0.919 bits per heavy atom. The quantitative estimate of drug-likeness (QED) is 0.505. The number of nitrogens with zero attached hydrogens (tertiary/aromatic N) is 6. The van der Waals surface area contributed by atoms with Crippen molar-refractivity contribution in [1.29, 1.82) is 0 Å². The summed E-state index contributed by atoms with van der Waals surface area (Å²) < 4.78 is 13.8. The first-order valence-corrected chi connectivity index (χ1v) is 11.8. The van der Waals surface area contributed by atoms with Gasteiger partial charge in [0.25, 0.3) is 17.7 Å². The SMILES string of the molecule is O=C1[C@H]2N=NN(CC(=O)N3N=C(c4ccccc4)C[C@@H]3c3ccccc3)[C@H]2C(=O)N1c1cccc(F)c1. The van der Waals surface area contributed by atoms with Crippen LogP contribution in [0.2, 0.25) is 0 Å². The summed E-state index contributed by atoms with van der Waals surface area (Å²) in [5.41, 5.74) is 2.73. The van der Waals surface area contributed by atoms with E-state index in [0.29, 0.717) is 6.42 Å². The Labute approximate surface area is 211 Å².